The monoisotopic (exact) mass is 606 g/mol. The van der Waals surface area contributed by atoms with Crippen molar-refractivity contribution < 1.29 is 0 Å². The molecule has 45 heavy (non-hydrogen) atoms. The Morgan fingerprint density at radius 1 is 0.511 bits per heavy atom. The molecule has 0 fully saturated rings. The third-order valence-corrected chi connectivity index (χ3v) is 9.09. The quantitative estimate of drug-likeness (QED) is 0.0851. The molecule has 244 valence electrons. The molecule has 0 aliphatic carbocycles. The van der Waals surface area contributed by atoms with Gasteiger partial charge in [-0.05, 0) is 122 Å². The Balaban J connectivity index is 1.98. The minimum Gasteiger partial charge on any atom is -0.252 e. The van der Waals surface area contributed by atoms with E-state index in [0.29, 0.717) is 0 Å². The van der Waals surface area contributed by atoms with Gasteiger partial charge in [0.2, 0.25) is 0 Å². The van der Waals surface area contributed by atoms with E-state index >= 15 is 0 Å². The third kappa shape index (κ3) is 12.0. The molecular formula is C43H62N2. The maximum atomic E-state index is 5.30. The highest BCUT2D eigenvalue weighted by molar-refractivity contribution is 6.42. The second kappa shape index (κ2) is 20.9. The van der Waals surface area contributed by atoms with Gasteiger partial charge >= 0.3 is 0 Å². The first-order valence-corrected chi connectivity index (χ1v) is 18.5. The molecule has 0 spiro atoms. The van der Waals surface area contributed by atoms with Gasteiger partial charge in [-0.25, -0.2) is 0 Å². The van der Waals surface area contributed by atoms with Crippen molar-refractivity contribution in [1.82, 2.24) is 0 Å². The first-order valence-electron chi connectivity index (χ1n) is 18.5. The van der Waals surface area contributed by atoms with Crippen LogP contribution in [0.3, 0.4) is 0 Å². The number of benzene rings is 3. The summed E-state index contributed by atoms with van der Waals surface area (Å²) in [6.07, 6.45) is 20.7. The normalized spacial score (nSPS) is 12.2. The number of unbranched alkanes of at least 4 members (excludes halogenated alkanes) is 8. The molecule has 3 aromatic carbocycles. The Morgan fingerprint density at radius 2 is 1.11 bits per heavy atom. The van der Waals surface area contributed by atoms with Gasteiger partial charge in [0.25, 0.3) is 0 Å². The van der Waals surface area contributed by atoms with Gasteiger partial charge in [0.15, 0.2) is 0 Å². The van der Waals surface area contributed by atoms with E-state index in [1.807, 2.05) is 0 Å². The first-order chi connectivity index (χ1) is 22.0. The summed E-state index contributed by atoms with van der Waals surface area (Å²) in [6.45, 7) is 13.5. The number of nitrogens with zero attached hydrogens (tertiary/aromatic N) is 2. The fraction of sp³-hybridized carbons (Fsp3) is 0.535. The summed E-state index contributed by atoms with van der Waals surface area (Å²) < 4.78 is 0. The van der Waals surface area contributed by atoms with E-state index in [0.717, 1.165) is 48.5 Å². The molecular weight excluding hydrogens is 544 g/mol. The van der Waals surface area contributed by atoms with E-state index in [9.17, 15) is 0 Å². The molecule has 3 rings (SSSR count). The minimum atomic E-state index is 0.858. The molecule has 0 bridgehead atoms. The van der Waals surface area contributed by atoms with Gasteiger partial charge in [-0.3, -0.25) is 9.98 Å². The van der Waals surface area contributed by atoms with Crippen LogP contribution < -0.4 is 0 Å². The van der Waals surface area contributed by atoms with E-state index in [-0.39, 0.29) is 0 Å². The van der Waals surface area contributed by atoms with E-state index < -0.39 is 0 Å². The molecule has 0 unspecified atom stereocenters. The second-order valence-corrected chi connectivity index (χ2v) is 12.9. The van der Waals surface area contributed by atoms with Crippen LogP contribution in [-0.4, -0.2) is 11.4 Å². The molecule has 0 aliphatic heterocycles. The molecule has 2 nitrogen and oxygen atoms in total. The molecule has 0 N–H and O–H groups in total. The lowest BCUT2D eigenvalue weighted by Gasteiger charge is -2.17. The van der Waals surface area contributed by atoms with Crippen LogP contribution >= 0.6 is 0 Å². The summed E-state index contributed by atoms with van der Waals surface area (Å²) in [4.78, 5) is 10.5. The van der Waals surface area contributed by atoms with Crippen LogP contribution in [0.5, 0.6) is 0 Å². The number of aliphatic imine (C=N–C) groups is 2. The Bertz CT molecular complexity index is 1330. The van der Waals surface area contributed by atoms with E-state index in [1.165, 1.54) is 117 Å². The summed E-state index contributed by atoms with van der Waals surface area (Å²) in [5, 5.41) is 0. The van der Waals surface area contributed by atoms with Crippen molar-refractivity contribution in [3.05, 3.63) is 82.9 Å². The maximum Gasteiger partial charge on any atom is 0.0642 e. The molecule has 0 aliphatic rings. The number of aryl methyl sites for hydroxylation is 3. The van der Waals surface area contributed by atoms with Crippen LogP contribution in [0.1, 0.15) is 147 Å². The van der Waals surface area contributed by atoms with Crippen LogP contribution in [0.2, 0.25) is 0 Å². The van der Waals surface area contributed by atoms with Gasteiger partial charge in [-0.1, -0.05) is 122 Å². The molecule has 2 heteroatoms. The third-order valence-electron chi connectivity index (χ3n) is 9.09. The number of hydrogen-bond acceptors (Lipinski definition) is 2. The Labute approximate surface area is 276 Å². The average Bonchev–Trinajstić information content (AvgIpc) is 3.06. The van der Waals surface area contributed by atoms with Gasteiger partial charge in [0, 0.05) is 0 Å². The molecule has 0 saturated carbocycles. The summed E-state index contributed by atoms with van der Waals surface area (Å²) >= 11 is 0. The van der Waals surface area contributed by atoms with Gasteiger partial charge in [0.05, 0.1) is 22.8 Å². The molecule has 0 saturated heterocycles. The van der Waals surface area contributed by atoms with Crippen LogP contribution in [-0.2, 0) is 25.7 Å². The van der Waals surface area contributed by atoms with Gasteiger partial charge in [0.1, 0.15) is 0 Å². The summed E-state index contributed by atoms with van der Waals surface area (Å²) in [7, 11) is 0. The Kier molecular flexibility index (Phi) is 17.0. The van der Waals surface area contributed by atoms with Crippen molar-refractivity contribution in [3.8, 4) is 11.1 Å². The van der Waals surface area contributed by atoms with Crippen molar-refractivity contribution in [2.45, 2.75) is 151 Å². The van der Waals surface area contributed by atoms with Gasteiger partial charge in [-0.15, -0.1) is 0 Å². The van der Waals surface area contributed by atoms with Crippen LogP contribution in [0.25, 0.3) is 11.1 Å². The van der Waals surface area contributed by atoms with Crippen molar-refractivity contribution in [3.63, 3.8) is 0 Å². The fourth-order valence-corrected chi connectivity index (χ4v) is 6.37. The zero-order valence-electron chi connectivity index (χ0n) is 29.7. The second-order valence-electron chi connectivity index (χ2n) is 12.9. The molecule has 0 aromatic heterocycles. The lowest BCUT2D eigenvalue weighted by molar-refractivity contribution is 0.650. The summed E-state index contributed by atoms with van der Waals surface area (Å²) in [5.74, 6) is 0. The zero-order chi connectivity index (χ0) is 32.3. The standard InChI is InChI=1S/C43H62N2/c1-7-12-16-19-24-35-29-30-39(31-37(35)27-20-17-13-8-2)44-34(6)43(11-5)45-40-32-38(23-14-9-3)41(28-15-10-4)42(33-40)36-25-21-18-22-26-36/h18,21-22,25-26,29-33H,7-17,19-20,23-24,27-28H2,1-6H3. The first kappa shape index (κ1) is 36.5. The smallest absolute Gasteiger partial charge is 0.0642 e. The van der Waals surface area contributed by atoms with Gasteiger partial charge in [-0.2, -0.15) is 0 Å². The summed E-state index contributed by atoms with van der Waals surface area (Å²) in [6, 6.07) is 22.6. The largest absolute Gasteiger partial charge is 0.252 e. The van der Waals surface area contributed by atoms with Crippen molar-refractivity contribution in [2.24, 2.45) is 9.98 Å². The minimum absolute atomic E-state index is 0.858. The Hall–Kier alpha value is -3.00. The van der Waals surface area contributed by atoms with Crippen LogP contribution in [0.4, 0.5) is 11.4 Å². The number of rotatable bonds is 21. The van der Waals surface area contributed by atoms with Crippen LogP contribution in [0, 0.1) is 0 Å². The van der Waals surface area contributed by atoms with Crippen molar-refractivity contribution >= 4 is 22.8 Å². The van der Waals surface area contributed by atoms with Gasteiger partial charge < -0.3 is 0 Å². The highest BCUT2D eigenvalue weighted by atomic mass is 14.8. The molecule has 0 atom stereocenters. The molecule has 0 radical (unpaired) electrons. The summed E-state index contributed by atoms with van der Waals surface area (Å²) in [5.41, 5.74) is 12.9. The lowest BCUT2D eigenvalue weighted by Crippen LogP contribution is -2.09. The van der Waals surface area contributed by atoms with Crippen molar-refractivity contribution in [2.75, 3.05) is 0 Å². The Morgan fingerprint density at radius 3 is 1.76 bits per heavy atom. The SMILES string of the molecule is CCCCCCc1ccc(N=C(C)C(CC)=Nc2cc(CCCC)c(CCCC)c(-c3ccccc3)c2)cc1CCCCCC. The fourth-order valence-electron chi connectivity index (χ4n) is 6.37. The molecule has 0 heterocycles. The zero-order valence-corrected chi connectivity index (χ0v) is 29.7. The lowest BCUT2D eigenvalue weighted by atomic mass is 9.89. The highest BCUT2D eigenvalue weighted by Crippen LogP contribution is 2.34. The van der Waals surface area contributed by atoms with E-state index in [2.05, 4.69) is 102 Å². The topological polar surface area (TPSA) is 24.7 Å². The van der Waals surface area contributed by atoms with E-state index in [4.69, 9.17) is 9.98 Å². The molecule has 3 aromatic rings. The van der Waals surface area contributed by atoms with E-state index in [1.54, 1.807) is 0 Å². The highest BCUT2D eigenvalue weighted by Gasteiger charge is 2.14. The molecule has 0 amide bonds. The predicted octanol–water partition coefficient (Wildman–Crippen LogP) is 13.6. The predicted molar refractivity (Wildman–Crippen MR) is 201 cm³/mol. The number of hydrogen-bond donors (Lipinski definition) is 0. The maximum absolute atomic E-state index is 5.30. The van der Waals surface area contributed by atoms with Crippen molar-refractivity contribution in [1.29, 1.82) is 0 Å². The average molecular weight is 607 g/mol. The van der Waals surface area contributed by atoms with Crippen LogP contribution in [0.15, 0.2) is 70.6 Å².